The lowest BCUT2D eigenvalue weighted by Crippen LogP contribution is -2.32. The van der Waals surface area contributed by atoms with E-state index < -0.39 is 20.0 Å². The minimum atomic E-state index is -4.03. The second-order valence-electron chi connectivity index (χ2n) is 5.77. The van der Waals surface area contributed by atoms with Gasteiger partial charge in [0.25, 0.3) is 10.0 Å². The predicted molar refractivity (Wildman–Crippen MR) is 119 cm³/mol. The van der Waals surface area contributed by atoms with Crippen molar-refractivity contribution >= 4 is 47.7 Å². The summed E-state index contributed by atoms with van der Waals surface area (Å²) in [6.07, 6.45) is 6.68. The van der Waals surface area contributed by atoms with E-state index >= 15 is 0 Å². The fourth-order valence-electron chi connectivity index (χ4n) is 2.30. The molecule has 0 saturated heterocycles. The molecule has 0 unspecified atom stereocenters. The number of nitrogens with zero attached hydrogens (tertiary/aromatic N) is 2. The minimum Gasteiger partial charge on any atom is -0.279 e. The molecular formula is C19H20BrN3O4S2. The van der Waals surface area contributed by atoms with Crippen molar-refractivity contribution in [3.05, 3.63) is 83.5 Å². The Bertz CT molecular complexity index is 1100. The smallest absolute Gasteiger partial charge is 0.255 e. The zero-order valence-corrected chi connectivity index (χ0v) is 18.6. The van der Waals surface area contributed by atoms with Crippen molar-refractivity contribution in [2.75, 3.05) is 17.8 Å². The van der Waals surface area contributed by atoms with Crippen LogP contribution in [0.5, 0.6) is 0 Å². The first-order valence-electron chi connectivity index (χ1n) is 8.32. The fourth-order valence-corrected chi connectivity index (χ4v) is 4.99. The van der Waals surface area contributed by atoms with E-state index in [9.17, 15) is 16.8 Å². The van der Waals surface area contributed by atoms with Crippen LogP contribution >= 0.6 is 15.9 Å². The van der Waals surface area contributed by atoms with Gasteiger partial charge in [-0.25, -0.2) is 16.8 Å². The first kappa shape index (κ1) is 23.0. The molecule has 0 atom stereocenters. The van der Waals surface area contributed by atoms with Gasteiger partial charge in [-0.15, -0.1) is 13.2 Å². The molecule has 7 nitrogen and oxygen atoms in total. The van der Waals surface area contributed by atoms with Gasteiger partial charge in [0.1, 0.15) is 4.90 Å². The second-order valence-corrected chi connectivity index (χ2v) is 10.2. The molecule has 0 radical (unpaired) electrons. The van der Waals surface area contributed by atoms with Gasteiger partial charge < -0.3 is 0 Å². The zero-order chi connectivity index (χ0) is 21.5. The summed E-state index contributed by atoms with van der Waals surface area (Å²) in [5.41, 5.74) is 0.572. The maximum atomic E-state index is 13.0. The molecule has 10 heteroatoms. The number of halogens is 1. The van der Waals surface area contributed by atoms with Crippen LogP contribution in [0.15, 0.2) is 82.8 Å². The Balaban J connectivity index is 2.35. The first-order chi connectivity index (χ1) is 13.7. The Hall–Kier alpha value is -2.27. The van der Waals surface area contributed by atoms with E-state index in [2.05, 4.69) is 38.8 Å². The van der Waals surface area contributed by atoms with Gasteiger partial charge >= 0.3 is 0 Å². The highest BCUT2D eigenvalue weighted by Crippen LogP contribution is 2.25. The molecule has 0 saturated carbocycles. The molecule has 1 heterocycles. The standard InChI is InChI=1S/C19H20BrN3O4S2/c1-3-12-23(13-4-2)29(26,27)19-15-21-11-9-18(19)22-28(24,25)14-10-16-5-7-17(20)8-6-16/h3-11,14-15H,1-2,12-13H2,(H,21,22)/b14-10+. The number of nitrogens with one attached hydrogen (secondary N) is 1. The molecule has 2 aromatic rings. The lowest BCUT2D eigenvalue weighted by molar-refractivity contribution is 0.474. The Kier molecular flexibility index (Phi) is 7.91. The van der Waals surface area contributed by atoms with Gasteiger partial charge in [0.2, 0.25) is 10.0 Å². The van der Waals surface area contributed by atoms with Gasteiger partial charge in [-0.05, 0) is 29.8 Å². The lowest BCUT2D eigenvalue weighted by atomic mass is 10.2. The Morgan fingerprint density at radius 1 is 1.03 bits per heavy atom. The summed E-state index contributed by atoms with van der Waals surface area (Å²) in [7, 11) is -8.00. The third-order valence-corrected chi connectivity index (χ3v) is 7.02. The van der Waals surface area contributed by atoms with Gasteiger partial charge in [-0.2, -0.15) is 4.31 Å². The largest absolute Gasteiger partial charge is 0.279 e. The van der Waals surface area contributed by atoms with E-state index in [0.717, 1.165) is 20.4 Å². The van der Waals surface area contributed by atoms with Crippen LogP contribution < -0.4 is 4.72 Å². The highest BCUT2D eigenvalue weighted by atomic mass is 79.9. The van der Waals surface area contributed by atoms with Gasteiger partial charge in [0.15, 0.2) is 0 Å². The molecule has 0 aliphatic rings. The van der Waals surface area contributed by atoms with Crippen LogP contribution in [-0.4, -0.2) is 39.2 Å². The van der Waals surface area contributed by atoms with Gasteiger partial charge in [-0.3, -0.25) is 9.71 Å². The average molecular weight is 498 g/mol. The first-order valence-corrected chi connectivity index (χ1v) is 12.1. The van der Waals surface area contributed by atoms with E-state index in [1.807, 2.05) is 0 Å². The Morgan fingerprint density at radius 2 is 1.66 bits per heavy atom. The molecule has 154 valence electrons. The van der Waals surface area contributed by atoms with E-state index in [1.165, 1.54) is 30.5 Å². The van der Waals surface area contributed by atoms with Crippen LogP contribution in [0.2, 0.25) is 0 Å². The molecule has 0 aliphatic heterocycles. The molecule has 1 N–H and O–H groups in total. The third kappa shape index (κ3) is 6.36. The van der Waals surface area contributed by atoms with E-state index in [4.69, 9.17) is 0 Å². The third-order valence-electron chi connectivity index (χ3n) is 3.63. The fraction of sp³-hybridized carbons (Fsp3) is 0.105. The number of sulfonamides is 2. The summed E-state index contributed by atoms with van der Waals surface area (Å²) in [5.74, 6) is 0. The zero-order valence-electron chi connectivity index (χ0n) is 15.4. The molecule has 0 spiro atoms. The van der Waals surface area contributed by atoms with Crippen molar-refractivity contribution in [2.24, 2.45) is 0 Å². The van der Waals surface area contributed by atoms with Gasteiger partial charge in [-0.1, -0.05) is 40.2 Å². The number of anilines is 1. The van der Waals surface area contributed by atoms with Crippen LogP contribution in [0.1, 0.15) is 5.56 Å². The van der Waals surface area contributed by atoms with Gasteiger partial charge in [0.05, 0.1) is 11.1 Å². The summed E-state index contributed by atoms with van der Waals surface area (Å²) < 4.78 is 55.1. The van der Waals surface area contributed by atoms with Crippen molar-refractivity contribution < 1.29 is 16.8 Å². The predicted octanol–water partition coefficient (Wildman–Crippen LogP) is 3.62. The average Bonchev–Trinajstić information content (AvgIpc) is 2.67. The summed E-state index contributed by atoms with van der Waals surface area (Å²) in [6, 6.07) is 8.32. The monoisotopic (exact) mass is 497 g/mol. The van der Waals surface area contributed by atoms with E-state index in [0.29, 0.717) is 5.56 Å². The quantitative estimate of drug-likeness (QED) is 0.505. The summed E-state index contributed by atoms with van der Waals surface area (Å²) in [6.45, 7) is 7.18. The van der Waals surface area contributed by atoms with Crippen LogP contribution in [0.4, 0.5) is 5.69 Å². The number of pyridine rings is 1. The topological polar surface area (TPSA) is 96.4 Å². The lowest BCUT2D eigenvalue weighted by Gasteiger charge is -2.20. The number of aromatic nitrogens is 1. The molecule has 1 aromatic heterocycles. The molecule has 2 rings (SSSR count). The summed E-state index contributed by atoms with van der Waals surface area (Å²) in [5, 5.41) is 0.971. The number of hydrogen-bond donors (Lipinski definition) is 1. The minimum absolute atomic E-state index is 0.0406. The SMILES string of the molecule is C=CCN(CC=C)S(=O)(=O)c1cnccc1NS(=O)(=O)/C=C/c1ccc(Br)cc1. The van der Waals surface area contributed by atoms with E-state index in [1.54, 1.807) is 24.3 Å². The second kappa shape index (κ2) is 9.97. The maximum absolute atomic E-state index is 13.0. The molecule has 0 aliphatic carbocycles. The number of benzene rings is 1. The van der Waals surface area contributed by atoms with E-state index in [-0.39, 0.29) is 23.7 Å². The molecule has 1 aromatic carbocycles. The van der Waals surface area contributed by atoms with Crippen molar-refractivity contribution in [3.63, 3.8) is 0 Å². The highest BCUT2D eigenvalue weighted by molar-refractivity contribution is 9.10. The molecule has 29 heavy (non-hydrogen) atoms. The van der Waals surface area contributed by atoms with Crippen LogP contribution in [0.25, 0.3) is 6.08 Å². The Morgan fingerprint density at radius 3 is 2.24 bits per heavy atom. The summed E-state index contributed by atoms with van der Waals surface area (Å²) in [4.78, 5) is 3.57. The number of hydrogen-bond acceptors (Lipinski definition) is 5. The number of rotatable bonds is 10. The molecular weight excluding hydrogens is 478 g/mol. The van der Waals surface area contributed by atoms with Crippen molar-refractivity contribution in [3.8, 4) is 0 Å². The molecule has 0 amide bonds. The van der Waals surface area contributed by atoms with Crippen molar-refractivity contribution in [1.29, 1.82) is 0 Å². The van der Waals surface area contributed by atoms with Crippen LogP contribution in [0, 0.1) is 0 Å². The molecule has 0 fully saturated rings. The Labute approximate surface area is 179 Å². The summed E-state index contributed by atoms with van der Waals surface area (Å²) >= 11 is 3.31. The highest BCUT2D eigenvalue weighted by Gasteiger charge is 2.27. The van der Waals surface area contributed by atoms with Crippen LogP contribution in [0.3, 0.4) is 0 Å². The normalized spacial score (nSPS) is 12.2. The van der Waals surface area contributed by atoms with Gasteiger partial charge in [0, 0.05) is 30.0 Å². The van der Waals surface area contributed by atoms with Crippen LogP contribution in [-0.2, 0) is 20.0 Å². The maximum Gasteiger partial charge on any atom is 0.255 e. The molecule has 0 bridgehead atoms. The van der Waals surface area contributed by atoms with Crippen molar-refractivity contribution in [2.45, 2.75) is 4.90 Å². The van der Waals surface area contributed by atoms with Crippen molar-refractivity contribution in [1.82, 2.24) is 9.29 Å².